The molecule has 1 N–H and O–H groups in total. The van der Waals surface area contributed by atoms with E-state index >= 15 is 0 Å². The van der Waals surface area contributed by atoms with E-state index in [1.165, 1.54) is 5.56 Å². The van der Waals surface area contributed by atoms with Gasteiger partial charge in [0, 0.05) is 23.3 Å². The Morgan fingerprint density at radius 1 is 1.32 bits per heavy atom. The van der Waals surface area contributed by atoms with Crippen molar-refractivity contribution in [2.75, 3.05) is 6.54 Å². The van der Waals surface area contributed by atoms with Gasteiger partial charge in [0.15, 0.2) is 0 Å². The van der Waals surface area contributed by atoms with E-state index in [0.29, 0.717) is 6.04 Å². The summed E-state index contributed by atoms with van der Waals surface area (Å²) in [6.07, 6.45) is 5.72. The van der Waals surface area contributed by atoms with Gasteiger partial charge in [0.25, 0.3) is 0 Å². The Morgan fingerprint density at radius 3 is 2.79 bits per heavy atom. The zero-order valence-electron chi connectivity index (χ0n) is 11.1. The Bertz CT molecular complexity index is 467. The standard InChI is InChI=1S/C14H19BrN4/c1-12(11-13-3-5-14(15)6-4-13)16-7-2-9-19-10-8-17-18-19/h3-6,8,10,12,16H,2,7,9,11H2,1H3. The molecule has 0 aliphatic rings. The topological polar surface area (TPSA) is 42.7 Å². The lowest BCUT2D eigenvalue weighted by atomic mass is 10.1. The average Bonchev–Trinajstić information content (AvgIpc) is 2.91. The molecule has 0 radical (unpaired) electrons. The number of nitrogens with one attached hydrogen (secondary N) is 1. The van der Waals surface area contributed by atoms with Crippen LogP contribution >= 0.6 is 15.9 Å². The molecule has 19 heavy (non-hydrogen) atoms. The van der Waals surface area contributed by atoms with Crippen LogP contribution in [0, 0.1) is 0 Å². The van der Waals surface area contributed by atoms with E-state index in [9.17, 15) is 0 Å². The first kappa shape index (κ1) is 14.2. The molecule has 0 fully saturated rings. The van der Waals surface area contributed by atoms with Gasteiger partial charge < -0.3 is 5.32 Å². The van der Waals surface area contributed by atoms with E-state index in [-0.39, 0.29) is 0 Å². The molecule has 0 spiro atoms. The summed E-state index contributed by atoms with van der Waals surface area (Å²) in [5.41, 5.74) is 1.36. The molecule has 1 atom stereocenters. The molecule has 102 valence electrons. The fourth-order valence-corrected chi connectivity index (χ4v) is 2.25. The van der Waals surface area contributed by atoms with Crippen molar-refractivity contribution in [1.82, 2.24) is 20.3 Å². The van der Waals surface area contributed by atoms with Crippen LogP contribution in [0.25, 0.3) is 0 Å². The van der Waals surface area contributed by atoms with Crippen LogP contribution in [0.1, 0.15) is 18.9 Å². The molecule has 4 nitrogen and oxygen atoms in total. The van der Waals surface area contributed by atoms with Gasteiger partial charge in [0.1, 0.15) is 0 Å². The molecular weight excluding hydrogens is 304 g/mol. The molecule has 1 aromatic heterocycles. The zero-order valence-corrected chi connectivity index (χ0v) is 12.7. The second-order valence-electron chi connectivity index (χ2n) is 4.71. The molecule has 0 bridgehead atoms. The molecule has 1 aromatic carbocycles. The number of benzene rings is 1. The third-order valence-corrected chi connectivity index (χ3v) is 3.51. The number of aromatic nitrogens is 3. The molecule has 5 heteroatoms. The second kappa shape index (κ2) is 7.40. The number of aryl methyl sites for hydroxylation is 1. The van der Waals surface area contributed by atoms with E-state index in [1.54, 1.807) is 6.20 Å². The van der Waals surface area contributed by atoms with Crippen molar-refractivity contribution in [3.8, 4) is 0 Å². The fraction of sp³-hybridized carbons (Fsp3) is 0.429. The number of hydrogen-bond donors (Lipinski definition) is 1. The lowest BCUT2D eigenvalue weighted by Gasteiger charge is -2.13. The molecule has 0 amide bonds. The summed E-state index contributed by atoms with van der Waals surface area (Å²) in [6, 6.07) is 8.99. The quantitative estimate of drug-likeness (QED) is 0.797. The number of hydrogen-bond acceptors (Lipinski definition) is 3. The van der Waals surface area contributed by atoms with Crippen molar-refractivity contribution < 1.29 is 0 Å². The highest BCUT2D eigenvalue weighted by atomic mass is 79.9. The monoisotopic (exact) mass is 322 g/mol. The minimum Gasteiger partial charge on any atom is -0.314 e. The third kappa shape index (κ3) is 5.12. The van der Waals surface area contributed by atoms with Gasteiger partial charge in [-0.25, -0.2) is 0 Å². The van der Waals surface area contributed by atoms with Gasteiger partial charge in [0.2, 0.25) is 0 Å². The van der Waals surface area contributed by atoms with Crippen molar-refractivity contribution >= 4 is 15.9 Å². The van der Waals surface area contributed by atoms with Crippen molar-refractivity contribution in [1.29, 1.82) is 0 Å². The number of rotatable bonds is 7. The van der Waals surface area contributed by atoms with E-state index in [1.807, 2.05) is 10.9 Å². The summed E-state index contributed by atoms with van der Waals surface area (Å²) in [5, 5.41) is 11.3. The van der Waals surface area contributed by atoms with Gasteiger partial charge in [0.05, 0.1) is 6.20 Å². The number of nitrogens with zero attached hydrogens (tertiary/aromatic N) is 3. The molecule has 0 aliphatic carbocycles. The Hall–Kier alpha value is -1.20. The van der Waals surface area contributed by atoms with Crippen LogP contribution in [0.2, 0.25) is 0 Å². The van der Waals surface area contributed by atoms with Gasteiger partial charge in [-0.15, -0.1) is 5.10 Å². The first-order valence-electron chi connectivity index (χ1n) is 6.56. The van der Waals surface area contributed by atoms with Crippen LogP contribution in [-0.4, -0.2) is 27.6 Å². The maximum Gasteiger partial charge on any atom is 0.0692 e. The Morgan fingerprint density at radius 2 is 2.11 bits per heavy atom. The Balaban J connectivity index is 1.64. The fourth-order valence-electron chi connectivity index (χ4n) is 1.99. The maximum atomic E-state index is 3.94. The second-order valence-corrected chi connectivity index (χ2v) is 5.62. The molecule has 1 unspecified atom stereocenters. The summed E-state index contributed by atoms with van der Waals surface area (Å²) in [7, 11) is 0. The normalized spacial score (nSPS) is 12.5. The molecule has 0 saturated carbocycles. The van der Waals surface area contributed by atoms with E-state index in [4.69, 9.17) is 0 Å². The van der Waals surface area contributed by atoms with Crippen LogP contribution in [0.5, 0.6) is 0 Å². The van der Waals surface area contributed by atoms with Crippen LogP contribution in [0.3, 0.4) is 0 Å². The maximum absolute atomic E-state index is 3.94. The molecule has 0 saturated heterocycles. The van der Waals surface area contributed by atoms with Crippen molar-refractivity contribution in [2.24, 2.45) is 0 Å². The minimum absolute atomic E-state index is 0.483. The smallest absolute Gasteiger partial charge is 0.0692 e. The van der Waals surface area contributed by atoms with Gasteiger partial charge in [-0.05, 0) is 44.0 Å². The highest BCUT2D eigenvalue weighted by molar-refractivity contribution is 9.10. The molecule has 2 rings (SSSR count). The average molecular weight is 323 g/mol. The molecule has 0 aliphatic heterocycles. The van der Waals surface area contributed by atoms with Crippen LogP contribution in [0.15, 0.2) is 41.1 Å². The van der Waals surface area contributed by atoms with Gasteiger partial charge in [-0.3, -0.25) is 4.68 Å². The SMILES string of the molecule is CC(Cc1ccc(Br)cc1)NCCCn1ccnn1. The van der Waals surface area contributed by atoms with Gasteiger partial charge in [-0.2, -0.15) is 0 Å². The van der Waals surface area contributed by atoms with Crippen LogP contribution < -0.4 is 5.32 Å². The first-order valence-corrected chi connectivity index (χ1v) is 7.35. The van der Waals surface area contributed by atoms with Crippen LogP contribution in [-0.2, 0) is 13.0 Å². The van der Waals surface area contributed by atoms with Gasteiger partial charge in [-0.1, -0.05) is 33.3 Å². The molecule has 1 heterocycles. The summed E-state index contributed by atoms with van der Waals surface area (Å²) in [4.78, 5) is 0. The summed E-state index contributed by atoms with van der Waals surface area (Å²) >= 11 is 3.45. The molecular formula is C14H19BrN4. The van der Waals surface area contributed by atoms with E-state index in [0.717, 1.165) is 30.4 Å². The van der Waals surface area contributed by atoms with Gasteiger partial charge >= 0.3 is 0 Å². The lowest BCUT2D eigenvalue weighted by molar-refractivity contribution is 0.489. The van der Waals surface area contributed by atoms with Crippen molar-refractivity contribution in [3.63, 3.8) is 0 Å². The van der Waals surface area contributed by atoms with Crippen molar-refractivity contribution in [3.05, 3.63) is 46.7 Å². The third-order valence-electron chi connectivity index (χ3n) is 2.98. The van der Waals surface area contributed by atoms with E-state index in [2.05, 4.69) is 62.7 Å². The number of halogens is 1. The van der Waals surface area contributed by atoms with E-state index < -0.39 is 0 Å². The first-order chi connectivity index (χ1) is 9.24. The highest BCUT2D eigenvalue weighted by Crippen LogP contribution is 2.11. The Labute approximate surface area is 122 Å². The lowest BCUT2D eigenvalue weighted by Crippen LogP contribution is -2.29. The largest absolute Gasteiger partial charge is 0.314 e. The van der Waals surface area contributed by atoms with Crippen molar-refractivity contribution in [2.45, 2.75) is 32.4 Å². The Kier molecular flexibility index (Phi) is 5.54. The predicted octanol–water partition coefficient (Wildman–Crippen LogP) is 2.65. The molecule has 2 aromatic rings. The highest BCUT2D eigenvalue weighted by Gasteiger charge is 2.02. The zero-order chi connectivity index (χ0) is 13.5. The summed E-state index contributed by atoms with van der Waals surface area (Å²) in [6.45, 7) is 4.13. The van der Waals surface area contributed by atoms with Crippen LogP contribution in [0.4, 0.5) is 0 Å². The predicted molar refractivity (Wildman–Crippen MR) is 79.9 cm³/mol. The summed E-state index contributed by atoms with van der Waals surface area (Å²) in [5.74, 6) is 0. The minimum atomic E-state index is 0.483. The summed E-state index contributed by atoms with van der Waals surface area (Å²) < 4.78 is 2.99.